The largest absolute Gasteiger partial charge is 0.299 e. The summed E-state index contributed by atoms with van der Waals surface area (Å²) in [4.78, 5) is 12.1. The molecule has 0 N–H and O–H groups in total. The smallest absolute Gasteiger partial charge is 0.150 e. The van der Waals surface area contributed by atoms with Crippen LogP contribution in [0.5, 0.6) is 0 Å². The normalized spacial score (nSPS) is 40.8. The lowest BCUT2D eigenvalue weighted by Crippen LogP contribution is -2.13. The van der Waals surface area contributed by atoms with Gasteiger partial charge in [-0.05, 0) is 49.4 Å². The quantitative estimate of drug-likeness (QED) is 0.742. The first-order chi connectivity index (χ1) is 8.53. The third-order valence-corrected chi connectivity index (χ3v) is 7.22. The summed E-state index contributed by atoms with van der Waals surface area (Å²) in [5, 5.41) is 0. The van der Waals surface area contributed by atoms with Crippen LogP contribution in [0.25, 0.3) is 0 Å². The van der Waals surface area contributed by atoms with Crippen LogP contribution in [-0.4, -0.2) is 25.7 Å². The SMILES string of the molecule is CCS(=O)(=O)CCCC(=O)C1C2C3CCC(C3)C12. The summed E-state index contributed by atoms with van der Waals surface area (Å²) in [6.07, 6.45) is 5.04. The van der Waals surface area contributed by atoms with Gasteiger partial charge < -0.3 is 0 Å². The zero-order valence-corrected chi connectivity index (χ0v) is 11.8. The molecule has 0 radical (unpaired) electrons. The Hall–Kier alpha value is -0.380. The van der Waals surface area contributed by atoms with Crippen LogP contribution >= 0.6 is 0 Å². The van der Waals surface area contributed by atoms with E-state index in [4.69, 9.17) is 0 Å². The number of carbonyl (C=O) groups excluding carboxylic acids is 1. The predicted molar refractivity (Wildman–Crippen MR) is 69.9 cm³/mol. The molecule has 4 atom stereocenters. The molecule has 2 bridgehead atoms. The molecule has 3 aliphatic carbocycles. The van der Waals surface area contributed by atoms with Crippen LogP contribution < -0.4 is 0 Å². The van der Waals surface area contributed by atoms with E-state index in [0.29, 0.717) is 36.4 Å². The van der Waals surface area contributed by atoms with E-state index in [0.717, 1.165) is 11.8 Å². The minimum atomic E-state index is -2.90. The van der Waals surface area contributed by atoms with Crippen LogP contribution in [0.3, 0.4) is 0 Å². The molecule has 3 nitrogen and oxygen atoms in total. The maximum atomic E-state index is 12.1. The molecule has 4 heteroatoms. The molecule has 18 heavy (non-hydrogen) atoms. The Morgan fingerprint density at radius 2 is 1.78 bits per heavy atom. The first kappa shape index (κ1) is 12.6. The summed E-state index contributed by atoms with van der Waals surface area (Å²) in [5.74, 6) is 4.10. The molecule has 3 saturated carbocycles. The van der Waals surface area contributed by atoms with Gasteiger partial charge in [0.15, 0.2) is 0 Å². The summed E-state index contributed by atoms with van der Waals surface area (Å²) >= 11 is 0. The van der Waals surface area contributed by atoms with Gasteiger partial charge in [-0.25, -0.2) is 8.42 Å². The van der Waals surface area contributed by atoms with Gasteiger partial charge in [-0.1, -0.05) is 6.92 Å². The maximum absolute atomic E-state index is 12.1. The van der Waals surface area contributed by atoms with Crippen molar-refractivity contribution in [1.29, 1.82) is 0 Å². The molecule has 0 aromatic heterocycles. The van der Waals surface area contributed by atoms with Gasteiger partial charge in [0.2, 0.25) is 0 Å². The van der Waals surface area contributed by atoms with E-state index >= 15 is 0 Å². The number of sulfone groups is 1. The Morgan fingerprint density at radius 1 is 1.17 bits per heavy atom. The lowest BCUT2D eigenvalue weighted by atomic mass is 9.98. The Labute approximate surface area is 109 Å². The molecule has 3 rings (SSSR count). The maximum Gasteiger partial charge on any atom is 0.150 e. The summed E-state index contributed by atoms with van der Waals surface area (Å²) < 4.78 is 22.7. The van der Waals surface area contributed by atoms with Gasteiger partial charge in [0.25, 0.3) is 0 Å². The summed E-state index contributed by atoms with van der Waals surface area (Å²) in [6.45, 7) is 1.67. The fourth-order valence-corrected chi connectivity index (χ4v) is 5.41. The number of Topliss-reactive ketones (excluding diaryl/α,β-unsaturated/α-hetero) is 1. The first-order valence-electron chi connectivity index (χ1n) is 7.26. The van der Waals surface area contributed by atoms with Gasteiger partial charge in [-0.3, -0.25) is 4.79 Å². The lowest BCUT2D eigenvalue weighted by molar-refractivity contribution is -0.121. The van der Waals surface area contributed by atoms with Crippen LogP contribution in [0.2, 0.25) is 0 Å². The van der Waals surface area contributed by atoms with Gasteiger partial charge in [-0.2, -0.15) is 0 Å². The van der Waals surface area contributed by atoms with Crippen LogP contribution in [0.4, 0.5) is 0 Å². The molecule has 4 unspecified atom stereocenters. The zero-order chi connectivity index (χ0) is 12.9. The van der Waals surface area contributed by atoms with Crippen molar-refractivity contribution in [3.05, 3.63) is 0 Å². The van der Waals surface area contributed by atoms with Gasteiger partial charge in [0, 0.05) is 18.1 Å². The Bertz CT molecular complexity index is 438. The molecule has 3 aliphatic rings. The van der Waals surface area contributed by atoms with E-state index in [1.54, 1.807) is 6.92 Å². The number of carbonyl (C=O) groups is 1. The molecule has 3 fully saturated rings. The van der Waals surface area contributed by atoms with Crippen molar-refractivity contribution in [3.63, 3.8) is 0 Å². The van der Waals surface area contributed by atoms with E-state index < -0.39 is 9.84 Å². The van der Waals surface area contributed by atoms with Crippen molar-refractivity contribution >= 4 is 15.6 Å². The molecule has 0 aromatic rings. The molecular weight excluding hydrogens is 248 g/mol. The van der Waals surface area contributed by atoms with Crippen molar-refractivity contribution in [2.45, 2.75) is 39.0 Å². The molecule has 102 valence electrons. The number of rotatable bonds is 6. The lowest BCUT2D eigenvalue weighted by Gasteiger charge is -2.07. The van der Waals surface area contributed by atoms with Crippen molar-refractivity contribution < 1.29 is 13.2 Å². The minimum absolute atomic E-state index is 0.185. The number of hydrogen-bond acceptors (Lipinski definition) is 3. The van der Waals surface area contributed by atoms with E-state index in [1.807, 2.05) is 0 Å². The fraction of sp³-hybridized carbons (Fsp3) is 0.929. The topological polar surface area (TPSA) is 51.2 Å². The number of hydrogen-bond donors (Lipinski definition) is 0. The van der Waals surface area contributed by atoms with E-state index in [-0.39, 0.29) is 11.5 Å². The minimum Gasteiger partial charge on any atom is -0.299 e. The number of fused-ring (bicyclic) bond motifs is 5. The highest BCUT2D eigenvalue weighted by atomic mass is 32.2. The Kier molecular flexibility index (Phi) is 3.04. The Morgan fingerprint density at radius 3 is 2.33 bits per heavy atom. The second kappa shape index (κ2) is 4.32. The van der Waals surface area contributed by atoms with Crippen molar-refractivity contribution in [2.24, 2.45) is 29.6 Å². The van der Waals surface area contributed by atoms with E-state index in [1.165, 1.54) is 19.3 Å². The third kappa shape index (κ3) is 2.02. The highest BCUT2D eigenvalue weighted by molar-refractivity contribution is 7.91. The van der Waals surface area contributed by atoms with Crippen LogP contribution in [0.15, 0.2) is 0 Å². The monoisotopic (exact) mass is 270 g/mol. The highest BCUT2D eigenvalue weighted by Crippen LogP contribution is 2.69. The molecule has 0 heterocycles. The summed E-state index contributed by atoms with van der Waals surface area (Å²) in [7, 11) is -2.90. The molecule has 0 aliphatic heterocycles. The molecule has 0 amide bonds. The highest BCUT2D eigenvalue weighted by Gasteiger charge is 2.66. The van der Waals surface area contributed by atoms with Crippen LogP contribution in [0.1, 0.15) is 39.0 Å². The zero-order valence-electron chi connectivity index (χ0n) is 11.0. The van der Waals surface area contributed by atoms with Gasteiger partial charge in [0.1, 0.15) is 15.6 Å². The molecule has 0 saturated heterocycles. The second-order valence-corrected chi connectivity index (χ2v) is 8.79. The molecule has 0 aromatic carbocycles. The van der Waals surface area contributed by atoms with Crippen molar-refractivity contribution in [2.75, 3.05) is 11.5 Å². The average Bonchev–Trinajstić information content (AvgIpc) is 2.78. The van der Waals surface area contributed by atoms with Crippen molar-refractivity contribution in [1.82, 2.24) is 0 Å². The Balaban J connectivity index is 1.47. The van der Waals surface area contributed by atoms with Crippen LogP contribution in [-0.2, 0) is 14.6 Å². The van der Waals surface area contributed by atoms with Crippen LogP contribution in [0, 0.1) is 29.6 Å². The van der Waals surface area contributed by atoms with E-state index in [9.17, 15) is 13.2 Å². The molecular formula is C14H22O3S. The van der Waals surface area contributed by atoms with Crippen molar-refractivity contribution in [3.8, 4) is 0 Å². The first-order valence-corrected chi connectivity index (χ1v) is 9.09. The fourth-order valence-electron chi connectivity index (χ4n) is 4.53. The predicted octanol–water partition coefficient (Wildman–Crippen LogP) is 2.06. The second-order valence-electron chi connectivity index (χ2n) is 6.32. The van der Waals surface area contributed by atoms with Gasteiger partial charge in [0.05, 0.1) is 5.75 Å². The summed E-state index contributed by atoms with van der Waals surface area (Å²) in [5.41, 5.74) is 0. The summed E-state index contributed by atoms with van der Waals surface area (Å²) in [6, 6.07) is 0. The standard InChI is InChI=1S/C14H22O3S/c1-2-18(16,17)7-3-4-11(15)14-12-9-5-6-10(8-9)13(12)14/h9-10,12-14H,2-8H2,1H3. The average molecular weight is 270 g/mol. The van der Waals surface area contributed by atoms with Gasteiger partial charge >= 0.3 is 0 Å². The third-order valence-electron chi connectivity index (χ3n) is 5.43. The number of ketones is 1. The van der Waals surface area contributed by atoms with Gasteiger partial charge in [-0.15, -0.1) is 0 Å². The van der Waals surface area contributed by atoms with E-state index in [2.05, 4.69) is 0 Å². The molecule has 0 spiro atoms.